The molecule has 0 aromatic heterocycles. The topological polar surface area (TPSA) is 35.2 Å². The Morgan fingerprint density at radius 2 is 1.89 bits per heavy atom. The van der Waals surface area contributed by atoms with Crippen LogP contribution in [0.2, 0.25) is 10.0 Å². The second kappa shape index (κ2) is 6.69. The van der Waals surface area contributed by atoms with Crippen molar-refractivity contribution in [1.82, 2.24) is 0 Å². The Bertz CT molecular complexity index is 558. The monoisotopic (exact) mass is 295 g/mol. The summed E-state index contributed by atoms with van der Waals surface area (Å²) in [5.41, 5.74) is 7.72. The largest absolute Gasteiger partial charge is 0.492 e. The maximum Gasteiger partial charge on any atom is 0.139 e. The minimum absolute atomic E-state index is 0.577. The van der Waals surface area contributed by atoms with E-state index in [0.29, 0.717) is 22.4 Å². The molecule has 2 rings (SSSR count). The summed E-state index contributed by atoms with van der Waals surface area (Å²) in [7, 11) is 0. The summed E-state index contributed by atoms with van der Waals surface area (Å²) in [4.78, 5) is 0. The van der Waals surface area contributed by atoms with Crippen LogP contribution in [0, 0.1) is 0 Å². The number of nitrogens with two attached hydrogens (primary N) is 1. The van der Waals surface area contributed by atoms with Crippen molar-refractivity contribution in [3.8, 4) is 5.75 Å². The fourth-order valence-electron chi connectivity index (χ4n) is 1.79. The lowest BCUT2D eigenvalue weighted by Crippen LogP contribution is -2.00. The minimum atomic E-state index is 0.577. The molecule has 0 radical (unpaired) electrons. The molecule has 2 aromatic carbocycles. The maximum absolute atomic E-state index is 6.01. The zero-order chi connectivity index (χ0) is 13.7. The zero-order valence-corrected chi connectivity index (χ0v) is 11.9. The average molecular weight is 296 g/mol. The normalized spacial score (nSPS) is 10.4. The Kier molecular flexibility index (Phi) is 4.94. The molecule has 19 heavy (non-hydrogen) atoms. The van der Waals surface area contributed by atoms with Gasteiger partial charge in [0.2, 0.25) is 0 Å². The van der Waals surface area contributed by atoms with Gasteiger partial charge >= 0.3 is 0 Å². The Balaban J connectivity index is 1.82. The molecule has 0 aliphatic heterocycles. The lowest BCUT2D eigenvalue weighted by Gasteiger charge is -2.08. The SMILES string of the molecule is Nc1cccc(CCCOc2cc(Cl)ccc2Cl)c1. The van der Waals surface area contributed by atoms with Crippen LogP contribution in [0.4, 0.5) is 5.69 Å². The number of rotatable bonds is 5. The predicted octanol–water partition coefficient (Wildman–Crippen LogP) is 4.59. The second-order valence-corrected chi connectivity index (χ2v) is 5.12. The molecule has 0 spiro atoms. The van der Waals surface area contributed by atoms with Crippen LogP contribution in [-0.4, -0.2) is 6.61 Å². The van der Waals surface area contributed by atoms with E-state index in [1.165, 1.54) is 5.56 Å². The van der Waals surface area contributed by atoms with Gasteiger partial charge in [-0.3, -0.25) is 0 Å². The lowest BCUT2D eigenvalue weighted by atomic mass is 10.1. The highest BCUT2D eigenvalue weighted by molar-refractivity contribution is 6.34. The summed E-state index contributed by atoms with van der Waals surface area (Å²) < 4.78 is 5.62. The number of hydrogen-bond acceptors (Lipinski definition) is 2. The van der Waals surface area contributed by atoms with Gasteiger partial charge in [0.1, 0.15) is 5.75 Å². The Hall–Kier alpha value is -1.38. The van der Waals surface area contributed by atoms with Gasteiger partial charge in [-0.15, -0.1) is 0 Å². The van der Waals surface area contributed by atoms with Crippen molar-refractivity contribution < 1.29 is 4.74 Å². The molecule has 100 valence electrons. The number of ether oxygens (including phenoxy) is 1. The molecule has 0 fully saturated rings. The molecular weight excluding hydrogens is 281 g/mol. The van der Waals surface area contributed by atoms with Crippen molar-refractivity contribution in [3.05, 3.63) is 58.1 Å². The highest BCUT2D eigenvalue weighted by Gasteiger charge is 2.02. The van der Waals surface area contributed by atoms with Crippen LogP contribution in [0.5, 0.6) is 5.75 Å². The first-order chi connectivity index (χ1) is 9.15. The summed E-state index contributed by atoms with van der Waals surface area (Å²) in [6.07, 6.45) is 1.82. The smallest absolute Gasteiger partial charge is 0.139 e. The Morgan fingerprint density at radius 3 is 2.68 bits per heavy atom. The van der Waals surface area contributed by atoms with Crippen LogP contribution in [0.1, 0.15) is 12.0 Å². The van der Waals surface area contributed by atoms with E-state index < -0.39 is 0 Å². The maximum atomic E-state index is 6.01. The van der Waals surface area contributed by atoms with Crippen LogP contribution in [0.15, 0.2) is 42.5 Å². The van der Waals surface area contributed by atoms with E-state index in [4.69, 9.17) is 33.7 Å². The molecule has 0 amide bonds. The quantitative estimate of drug-likeness (QED) is 0.647. The molecule has 0 saturated carbocycles. The van der Waals surface area contributed by atoms with E-state index in [1.54, 1.807) is 18.2 Å². The van der Waals surface area contributed by atoms with Crippen LogP contribution in [-0.2, 0) is 6.42 Å². The first-order valence-electron chi connectivity index (χ1n) is 6.07. The summed E-state index contributed by atoms with van der Waals surface area (Å²) >= 11 is 11.9. The number of nitrogen functional groups attached to an aromatic ring is 1. The number of anilines is 1. The summed E-state index contributed by atoms with van der Waals surface area (Å²) in [5, 5.41) is 1.20. The van der Waals surface area contributed by atoms with Gasteiger partial charge in [-0.1, -0.05) is 35.3 Å². The fourth-order valence-corrected chi connectivity index (χ4v) is 2.13. The van der Waals surface area contributed by atoms with E-state index in [9.17, 15) is 0 Å². The number of halogens is 2. The molecule has 2 aromatic rings. The van der Waals surface area contributed by atoms with E-state index in [2.05, 4.69) is 6.07 Å². The highest BCUT2D eigenvalue weighted by atomic mass is 35.5. The molecule has 0 atom stereocenters. The molecular formula is C15H15Cl2NO. The van der Waals surface area contributed by atoms with E-state index in [-0.39, 0.29) is 0 Å². The van der Waals surface area contributed by atoms with Gasteiger partial charge in [-0.05, 0) is 42.7 Å². The van der Waals surface area contributed by atoms with Crippen molar-refractivity contribution >= 4 is 28.9 Å². The summed E-state index contributed by atoms with van der Waals surface area (Å²) in [5.74, 6) is 0.627. The molecule has 4 heteroatoms. The Morgan fingerprint density at radius 1 is 1.05 bits per heavy atom. The first kappa shape index (κ1) is 14.0. The standard InChI is InChI=1S/C15H15Cl2NO/c16-12-6-7-14(17)15(10-12)19-8-2-4-11-3-1-5-13(18)9-11/h1,3,5-7,9-10H,2,4,8,18H2. The van der Waals surface area contributed by atoms with Gasteiger partial charge in [0.15, 0.2) is 0 Å². The van der Waals surface area contributed by atoms with Gasteiger partial charge in [0.25, 0.3) is 0 Å². The van der Waals surface area contributed by atoms with Crippen LogP contribution in [0.25, 0.3) is 0 Å². The number of aryl methyl sites for hydroxylation is 1. The molecule has 0 aliphatic carbocycles. The molecule has 2 nitrogen and oxygen atoms in total. The molecule has 0 saturated heterocycles. The van der Waals surface area contributed by atoms with E-state index in [0.717, 1.165) is 18.5 Å². The van der Waals surface area contributed by atoms with Crippen molar-refractivity contribution in [2.75, 3.05) is 12.3 Å². The van der Waals surface area contributed by atoms with Gasteiger partial charge < -0.3 is 10.5 Å². The predicted molar refractivity (Wildman–Crippen MR) is 81.1 cm³/mol. The minimum Gasteiger partial charge on any atom is -0.492 e. The summed E-state index contributed by atoms with van der Waals surface area (Å²) in [6, 6.07) is 13.1. The first-order valence-corrected chi connectivity index (χ1v) is 6.83. The van der Waals surface area contributed by atoms with Crippen LogP contribution >= 0.6 is 23.2 Å². The molecule has 0 heterocycles. The average Bonchev–Trinajstić information content (AvgIpc) is 2.39. The number of hydrogen-bond donors (Lipinski definition) is 1. The van der Waals surface area contributed by atoms with Gasteiger partial charge in [0.05, 0.1) is 11.6 Å². The fraction of sp³-hybridized carbons (Fsp3) is 0.200. The molecule has 0 aliphatic rings. The second-order valence-electron chi connectivity index (χ2n) is 4.27. The highest BCUT2D eigenvalue weighted by Crippen LogP contribution is 2.27. The van der Waals surface area contributed by atoms with Crippen molar-refractivity contribution in [3.63, 3.8) is 0 Å². The van der Waals surface area contributed by atoms with Crippen molar-refractivity contribution in [2.24, 2.45) is 0 Å². The van der Waals surface area contributed by atoms with E-state index >= 15 is 0 Å². The van der Waals surface area contributed by atoms with Crippen molar-refractivity contribution in [2.45, 2.75) is 12.8 Å². The number of benzene rings is 2. The summed E-state index contributed by atoms with van der Waals surface area (Å²) in [6.45, 7) is 0.592. The molecule has 0 unspecified atom stereocenters. The van der Waals surface area contributed by atoms with Crippen molar-refractivity contribution in [1.29, 1.82) is 0 Å². The third kappa shape index (κ3) is 4.34. The molecule has 0 bridgehead atoms. The van der Waals surface area contributed by atoms with Gasteiger partial charge in [-0.2, -0.15) is 0 Å². The zero-order valence-electron chi connectivity index (χ0n) is 10.4. The van der Waals surface area contributed by atoms with Crippen LogP contribution in [0.3, 0.4) is 0 Å². The lowest BCUT2D eigenvalue weighted by molar-refractivity contribution is 0.311. The third-order valence-corrected chi connectivity index (χ3v) is 3.26. The van der Waals surface area contributed by atoms with Gasteiger partial charge in [0, 0.05) is 16.8 Å². The third-order valence-electron chi connectivity index (χ3n) is 2.71. The van der Waals surface area contributed by atoms with Gasteiger partial charge in [-0.25, -0.2) is 0 Å². The Labute approximate surface area is 123 Å². The van der Waals surface area contributed by atoms with E-state index in [1.807, 2.05) is 18.2 Å². The molecule has 2 N–H and O–H groups in total. The van der Waals surface area contributed by atoms with Crippen LogP contribution < -0.4 is 10.5 Å².